The molecule has 0 heterocycles. The fraction of sp³-hybridized carbons (Fsp3) is 0.632. The van der Waals surface area contributed by atoms with Crippen LogP contribution in [0.5, 0.6) is 5.75 Å². The van der Waals surface area contributed by atoms with Gasteiger partial charge in [0.25, 0.3) is 5.91 Å². The summed E-state index contributed by atoms with van der Waals surface area (Å²) in [5.41, 5.74) is 0.997. The predicted octanol–water partition coefficient (Wildman–Crippen LogP) is 4.71. The Labute approximate surface area is 140 Å². The van der Waals surface area contributed by atoms with Gasteiger partial charge in [-0.25, -0.2) is 0 Å². The number of hydrogen-bond donors (Lipinski definition) is 1. The van der Waals surface area contributed by atoms with Crippen molar-refractivity contribution in [2.24, 2.45) is 0 Å². The quantitative estimate of drug-likeness (QED) is 0.635. The lowest BCUT2D eigenvalue weighted by Crippen LogP contribution is -2.41. The average molecular weight is 321 g/mol. The number of aryl methyl sites for hydroxylation is 1. The molecule has 0 aliphatic rings. The van der Waals surface area contributed by atoms with Crippen LogP contribution < -0.4 is 10.1 Å². The first kappa shape index (κ1) is 19.5. The van der Waals surface area contributed by atoms with Crippen molar-refractivity contribution in [2.45, 2.75) is 65.4 Å². The molecule has 0 fully saturated rings. The van der Waals surface area contributed by atoms with Gasteiger partial charge in [-0.2, -0.15) is 0 Å². The Balaban J connectivity index is 2.73. The van der Waals surface area contributed by atoms with E-state index in [1.165, 1.54) is 0 Å². The van der Waals surface area contributed by atoms with Crippen molar-refractivity contribution in [2.75, 3.05) is 19.0 Å². The summed E-state index contributed by atoms with van der Waals surface area (Å²) in [5.74, 6) is 0.764. The Morgan fingerprint density at radius 2 is 1.96 bits per heavy atom. The zero-order valence-electron chi connectivity index (χ0n) is 15.2. The molecule has 130 valence electrons. The second kappa shape index (κ2) is 9.56. The highest BCUT2D eigenvalue weighted by Gasteiger charge is 2.32. The number of unbranched alkanes of at least 4 members (excludes halogenated alkanes) is 2. The molecule has 0 saturated carbocycles. The van der Waals surface area contributed by atoms with Gasteiger partial charge in [-0.3, -0.25) is 4.79 Å². The van der Waals surface area contributed by atoms with Crippen molar-refractivity contribution in [3.63, 3.8) is 0 Å². The number of benzene rings is 1. The van der Waals surface area contributed by atoms with Crippen LogP contribution in [0.1, 0.15) is 58.4 Å². The fourth-order valence-electron chi connectivity index (χ4n) is 2.39. The normalized spacial score (nSPS) is 13.4. The largest absolute Gasteiger partial charge is 0.493 e. The van der Waals surface area contributed by atoms with Gasteiger partial charge in [-0.05, 0) is 50.5 Å². The van der Waals surface area contributed by atoms with Crippen LogP contribution in [0.25, 0.3) is 0 Å². The van der Waals surface area contributed by atoms with Crippen molar-refractivity contribution in [1.29, 1.82) is 0 Å². The lowest BCUT2D eigenvalue weighted by molar-refractivity contribution is -0.136. The summed E-state index contributed by atoms with van der Waals surface area (Å²) >= 11 is 0. The summed E-state index contributed by atoms with van der Waals surface area (Å²) in [6.45, 7) is 8.76. The first-order chi connectivity index (χ1) is 11.0. The Kier molecular flexibility index (Phi) is 8.10. The average Bonchev–Trinajstić information content (AvgIpc) is 2.54. The van der Waals surface area contributed by atoms with Gasteiger partial charge >= 0.3 is 0 Å². The second-order valence-corrected chi connectivity index (χ2v) is 6.17. The number of rotatable bonds is 10. The summed E-state index contributed by atoms with van der Waals surface area (Å²) in [6, 6.07) is 5.71. The van der Waals surface area contributed by atoms with Crippen LogP contribution in [-0.2, 0) is 9.53 Å². The minimum atomic E-state index is -0.791. The molecule has 1 N–H and O–H groups in total. The molecule has 1 aromatic rings. The van der Waals surface area contributed by atoms with Gasteiger partial charge in [0.15, 0.2) is 0 Å². The third-order valence-corrected chi connectivity index (χ3v) is 4.08. The van der Waals surface area contributed by atoms with Crippen LogP contribution in [0.15, 0.2) is 18.2 Å². The molecule has 1 amide bonds. The second-order valence-electron chi connectivity index (χ2n) is 6.17. The molecule has 4 nitrogen and oxygen atoms in total. The van der Waals surface area contributed by atoms with Gasteiger partial charge in [-0.15, -0.1) is 0 Å². The number of carbonyl (C=O) groups excluding carboxylic acids is 1. The molecule has 23 heavy (non-hydrogen) atoms. The maximum Gasteiger partial charge on any atom is 0.256 e. The summed E-state index contributed by atoms with van der Waals surface area (Å²) in [4.78, 5) is 12.6. The monoisotopic (exact) mass is 321 g/mol. The summed E-state index contributed by atoms with van der Waals surface area (Å²) in [5, 5.41) is 2.97. The third kappa shape index (κ3) is 5.87. The lowest BCUT2D eigenvalue weighted by Gasteiger charge is -2.27. The minimum absolute atomic E-state index is 0.0993. The van der Waals surface area contributed by atoms with E-state index >= 15 is 0 Å². The predicted molar refractivity (Wildman–Crippen MR) is 95.2 cm³/mol. The highest BCUT2D eigenvalue weighted by atomic mass is 16.5. The Hall–Kier alpha value is -1.55. The van der Waals surface area contributed by atoms with Gasteiger partial charge in [0.1, 0.15) is 11.4 Å². The lowest BCUT2D eigenvalue weighted by atomic mass is 9.97. The van der Waals surface area contributed by atoms with Crippen LogP contribution in [0.3, 0.4) is 0 Å². The maximum atomic E-state index is 12.6. The van der Waals surface area contributed by atoms with Gasteiger partial charge in [-0.1, -0.05) is 33.1 Å². The van der Waals surface area contributed by atoms with Crippen LogP contribution in [0.2, 0.25) is 0 Å². The zero-order valence-corrected chi connectivity index (χ0v) is 15.2. The Morgan fingerprint density at radius 1 is 1.22 bits per heavy atom. The molecule has 0 radical (unpaired) electrons. The highest BCUT2D eigenvalue weighted by molar-refractivity contribution is 5.97. The van der Waals surface area contributed by atoms with Crippen LogP contribution in [-0.4, -0.2) is 25.2 Å². The van der Waals surface area contributed by atoms with Gasteiger partial charge in [0.2, 0.25) is 0 Å². The molecular formula is C19H31NO3. The van der Waals surface area contributed by atoms with Crippen molar-refractivity contribution in [3.05, 3.63) is 23.8 Å². The van der Waals surface area contributed by atoms with Crippen LogP contribution >= 0.6 is 0 Å². The highest BCUT2D eigenvalue weighted by Crippen LogP contribution is 2.25. The van der Waals surface area contributed by atoms with Crippen LogP contribution in [0, 0.1) is 6.92 Å². The molecule has 4 heteroatoms. The van der Waals surface area contributed by atoms with E-state index in [0.717, 1.165) is 49.1 Å². The minimum Gasteiger partial charge on any atom is -0.493 e. The molecule has 0 aliphatic carbocycles. The Bertz CT molecular complexity index is 501. The molecule has 0 spiro atoms. The number of ether oxygens (including phenoxy) is 2. The van der Waals surface area contributed by atoms with E-state index < -0.39 is 5.60 Å². The molecule has 0 saturated heterocycles. The van der Waals surface area contributed by atoms with E-state index in [0.29, 0.717) is 6.61 Å². The molecule has 0 bridgehead atoms. The first-order valence-corrected chi connectivity index (χ1v) is 8.57. The SMILES string of the molecule is CCCCC[C@@](C)(OC)C(=O)Nc1ccc(OCCC)c(C)c1. The Morgan fingerprint density at radius 3 is 2.52 bits per heavy atom. The summed E-state index contributed by atoms with van der Waals surface area (Å²) < 4.78 is 11.2. The molecule has 1 atom stereocenters. The topological polar surface area (TPSA) is 47.6 Å². The van der Waals surface area contributed by atoms with Gasteiger partial charge in [0.05, 0.1) is 6.61 Å². The van der Waals surface area contributed by atoms with E-state index in [1.807, 2.05) is 32.0 Å². The van der Waals surface area contributed by atoms with Crippen molar-refractivity contribution >= 4 is 11.6 Å². The number of methoxy groups -OCH3 is 1. The van der Waals surface area contributed by atoms with Crippen molar-refractivity contribution in [1.82, 2.24) is 0 Å². The molecular weight excluding hydrogens is 290 g/mol. The molecule has 0 aromatic heterocycles. The van der Waals surface area contributed by atoms with E-state index in [-0.39, 0.29) is 5.91 Å². The number of carbonyl (C=O) groups is 1. The van der Waals surface area contributed by atoms with E-state index in [2.05, 4.69) is 19.2 Å². The zero-order chi connectivity index (χ0) is 17.3. The summed E-state index contributed by atoms with van der Waals surface area (Å²) in [7, 11) is 1.60. The first-order valence-electron chi connectivity index (χ1n) is 8.57. The van der Waals surface area contributed by atoms with Crippen molar-refractivity contribution in [3.8, 4) is 5.75 Å². The van der Waals surface area contributed by atoms with E-state index in [4.69, 9.17) is 9.47 Å². The number of nitrogens with one attached hydrogen (secondary N) is 1. The summed E-state index contributed by atoms with van der Waals surface area (Å²) in [6.07, 6.45) is 4.91. The molecule has 1 rings (SSSR count). The fourth-order valence-corrected chi connectivity index (χ4v) is 2.39. The molecule has 0 aliphatic heterocycles. The number of amides is 1. The number of anilines is 1. The molecule has 0 unspecified atom stereocenters. The third-order valence-electron chi connectivity index (χ3n) is 4.08. The standard InChI is InChI=1S/C19H31NO3/c1-6-8-9-12-19(4,22-5)18(21)20-16-10-11-17(15(3)14-16)23-13-7-2/h10-11,14H,6-9,12-13H2,1-5H3,(H,20,21)/t19-/m1/s1. The smallest absolute Gasteiger partial charge is 0.256 e. The van der Waals surface area contributed by atoms with Crippen LogP contribution in [0.4, 0.5) is 5.69 Å². The van der Waals surface area contributed by atoms with E-state index in [9.17, 15) is 4.79 Å². The maximum absolute atomic E-state index is 12.6. The van der Waals surface area contributed by atoms with E-state index in [1.54, 1.807) is 7.11 Å². The molecule has 1 aromatic carbocycles. The van der Waals surface area contributed by atoms with Crippen molar-refractivity contribution < 1.29 is 14.3 Å². The van der Waals surface area contributed by atoms with Gasteiger partial charge in [0, 0.05) is 12.8 Å². The number of hydrogen-bond acceptors (Lipinski definition) is 3. The van der Waals surface area contributed by atoms with Gasteiger partial charge < -0.3 is 14.8 Å².